The van der Waals surface area contributed by atoms with Crippen molar-refractivity contribution in [2.45, 2.75) is 38.1 Å². The van der Waals surface area contributed by atoms with Gasteiger partial charge >= 0.3 is 0 Å². The van der Waals surface area contributed by atoms with Crippen molar-refractivity contribution >= 4 is 11.8 Å². The molecule has 1 fully saturated rings. The van der Waals surface area contributed by atoms with E-state index in [-0.39, 0.29) is 17.4 Å². The maximum absolute atomic E-state index is 5.98. The SMILES string of the molecule is CC(C)(C)c1noc(C2CSCC2N)n1. The highest BCUT2D eigenvalue weighted by molar-refractivity contribution is 7.99. The molecule has 2 unspecified atom stereocenters. The highest BCUT2D eigenvalue weighted by Gasteiger charge is 2.32. The van der Waals surface area contributed by atoms with Gasteiger partial charge in [0.05, 0.1) is 5.92 Å². The third-order valence-electron chi connectivity index (χ3n) is 2.55. The third-order valence-corrected chi connectivity index (χ3v) is 3.77. The van der Waals surface area contributed by atoms with Crippen molar-refractivity contribution in [1.82, 2.24) is 10.1 Å². The van der Waals surface area contributed by atoms with Crippen molar-refractivity contribution in [3.63, 3.8) is 0 Å². The second-order valence-corrected chi connectivity index (χ2v) is 6.09. The fourth-order valence-corrected chi connectivity index (χ4v) is 2.80. The minimum atomic E-state index is -0.0579. The zero-order valence-electron chi connectivity index (χ0n) is 9.36. The van der Waals surface area contributed by atoms with E-state index in [2.05, 4.69) is 30.9 Å². The first kappa shape index (κ1) is 11.0. The van der Waals surface area contributed by atoms with Gasteiger partial charge in [0.2, 0.25) is 5.89 Å². The molecule has 1 aromatic rings. The maximum atomic E-state index is 5.98. The summed E-state index contributed by atoms with van der Waals surface area (Å²) in [7, 11) is 0. The van der Waals surface area contributed by atoms with E-state index in [1.54, 1.807) is 0 Å². The summed E-state index contributed by atoms with van der Waals surface area (Å²) in [5, 5.41) is 4.02. The molecule has 2 N–H and O–H groups in total. The topological polar surface area (TPSA) is 64.9 Å². The second-order valence-electron chi connectivity index (χ2n) is 5.01. The molecule has 0 bridgehead atoms. The van der Waals surface area contributed by atoms with Gasteiger partial charge in [0, 0.05) is 23.0 Å². The molecule has 0 saturated carbocycles. The lowest BCUT2D eigenvalue weighted by atomic mass is 9.96. The van der Waals surface area contributed by atoms with Gasteiger partial charge in [0.25, 0.3) is 0 Å². The Bertz CT molecular complexity index is 345. The second kappa shape index (κ2) is 3.79. The van der Waals surface area contributed by atoms with E-state index >= 15 is 0 Å². The first-order chi connectivity index (χ1) is 6.98. The lowest BCUT2D eigenvalue weighted by molar-refractivity contribution is 0.342. The van der Waals surface area contributed by atoms with Gasteiger partial charge in [0.1, 0.15) is 0 Å². The van der Waals surface area contributed by atoms with Crippen molar-refractivity contribution < 1.29 is 4.52 Å². The van der Waals surface area contributed by atoms with Crippen molar-refractivity contribution in [2.75, 3.05) is 11.5 Å². The first-order valence-corrected chi connectivity index (χ1v) is 6.31. The van der Waals surface area contributed by atoms with Crippen LogP contribution in [0.3, 0.4) is 0 Å². The molecule has 2 rings (SSSR count). The minimum Gasteiger partial charge on any atom is -0.339 e. The van der Waals surface area contributed by atoms with Gasteiger partial charge in [-0.25, -0.2) is 0 Å². The molecule has 2 heterocycles. The molecule has 0 aromatic carbocycles. The Balaban J connectivity index is 2.20. The molecule has 0 aliphatic carbocycles. The molecule has 0 spiro atoms. The summed E-state index contributed by atoms with van der Waals surface area (Å²) in [5.74, 6) is 3.68. The van der Waals surface area contributed by atoms with E-state index in [0.717, 1.165) is 17.3 Å². The van der Waals surface area contributed by atoms with Gasteiger partial charge in [0.15, 0.2) is 5.82 Å². The van der Waals surface area contributed by atoms with Crippen LogP contribution in [0.1, 0.15) is 38.4 Å². The van der Waals surface area contributed by atoms with Crippen molar-refractivity contribution in [2.24, 2.45) is 5.73 Å². The maximum Gasteiger partial charge on any atom is 0.232 e. The molecule has 0 amide bonds. The molecule has 15 heavy (non-hydrogen) atoms. The summed E-state index contributed by atoms with van der Waals surface area (Å²) >= 11 is 1.85. The number of hydrogen-bond acceptors (Lipinski definition) is 5. The summed E-state index contributed by atoms with van der Waals surface area (Å²) in [5.41, 5.74) is 5.92. The van der Waals surface area contributed by atoms with Gasteiger partial charge in [-0.1, -0.05) is 25.9 Å². The summed E-state index contributed by atoms with van der Waals surface area (Å²) < 4.78 is 5.29. The summed E-state index contributed by atoms with van der Waals surface area (Å²) in [4.78, 5) is 4.44. The average Bonchev–Trinajstić information content (AvgIpc) is 2.69. The predicted octanol–water partition coefficient (Wildman–Crippen LogP) is 1.52. The zero-order valence-corrected chi connectivity index (χ0v) is 10.2. The normalized spacial score (nSPS) is 27.2. The van der Waals surface area contributed by atoms with Crippen LogP contribution in [0.5, 0.6) is 0 Å². The van der Waals surface area contributed by atoms with E-state index in [1.165, 1.54) is 0 Å². The molecule has 1 aliphatic rings. The molecule has 5 heteroatoms. The van der Waals surface area contributed by atoms with Crippen LogP contribution in [0, 0.1) is 0 Å². The number of nitrogens with zero attached hydrogens (tertiary/aromatic N) is 2. The molecule has 1 saturated heterocycles. The van der Waals surface area contributed by atoms with Gasteiger partial charge in [-0.05, 0) is 0 Å². The fourth-order valence-electron chi connectivity index (χ4n) is 1.52. The van der Waals surface area contributed by atoms with Crippen molar-refractivity contribution in [1.29, 1.82) is 0 Å². The summed E-state index contributed by atoms with van der Waals surface area (Å²) in [6.07, 6.45) is 0. The van der Waals surface area contributed by atoms with Crippen LogP contribution < -0.4 is 5.73 Å². The van der Waals surface area contributed by atoms with Gasteiger partial charge in [-0.2, -0.15) is 16.7 Å². The van der Waals surface area contributed by atoms with Crippen LogP contribution in [0.15, 0.2) is 4.52 Å². The molecular weight excluding hydrogens is 210 g/mol. The van der Waals surface area contributed by atoms with E-state index in [4.69, 9.17) is 10.3 Å². The van der Waals surface area contributed by atoms with E-state index in [9.17, 15) is 0 Å². The van der Waals surface area contributed by atoms with Crippen LogP contribution >= 0.6 is 11.8 Å². The van der Waals surface area contributed by atoms with Crippen LogP contribution in [0.25, 0.3) is 0 Å². The van der Waals surface area contributed by atoms with Crippen molar-refractivity contribution in [3.8, 4) is 0 Å². The fraction of sp³-hybridized carbons (Fsp3) is 0.800. The number of thioether (sulfide) groups is 1. The molecule has 1 aromatic heterocycles. The smallest absolute Gasteiger partial charge is 0.232 e. The van der Waals surface area contributed by atoms with E-state index in [0.29, 0.717) is 5.89 Å². The van der Waals surface area contributed by atoms with E-state index < -0.39 is 0 Å². The highest BCUT2D eigenvalue weighted by Crippen LogP contribution is 2.31. The molecule has 4 nitrogen and oxygen atoms in total. The van der Waals surface area contributed by atoms with Gasteiger partial charge in [-0.3, -0.25) is 0 Å². The average molecular weight is 227 g/mol. The summed E-state index contributed by atoms with van der Waals surface area (Å²) in [6.45, 7) is 6.22. The van der Waals surface area contributed by atoms with Crippen LogP contribution in [-0.2, 0) is 5.41 Å². The summed E-state index contributed by atoms with van der Waals surface area (Å²) in [6, 6.07) is 0.156. The predicted molar refractivity (Wildman–Crippen MR) is 61.0 cm³/mol. The monoisotopic (exact) mass is 227 g/mol. The van der Waals surface area contributed by atoms with Crippen LogP contribution in [0.4, 0.5) is 0 Å². The number of rotatable bonds is 1. The number of hydrogen-bond donors (Lipinski definition) is 1. The molecular formula is C10H17N3OS. The first-order valence-electron chi connectivity index (χ1n) is 5.16. The Morgan fingerprint density at radius 2 is 2.13 bits per heavy atom. The third kappa shape index (κ3) is 2.18. The Labute approximate surface area is 94.0 Å². The lowest BCUT2D eigenvalue weighted by Crippen LogP contribution is -2.27. The molecule has 2 atom stereocenters. The van der Waals surface area contributed by atoms with Crippen LogP contribution in [-0.4, -0.2) is 27.7 Å². The Morgan fingerprint density at radius 3 is 2.60 bits per heavy atom. The Morgan fingerprint density at radius 1 is 1.40 bits per heavy atom. The quantitative estimate of drug-likeness (QED) is 0.788. The van der Waals surface area contributed by atoms with Crippen molar-refractivity contribution in [3.05, 3.63) is 11.7 Å². The van der Waals surface area contributed by atoms with Gasteiger partial charge < -0.3 is 10.3 Å². The van der Waals surface area contributed by atoms with Gasteiger partial charge in [-0.15, -0.1) is 0 Å². The Kier molecular flexibility index (Phi) is 2.77. The number of nitrogens with two attached hydrogens (primary N) is 1. The Hall–Kier alpha value is -0.550. The molecule has 0 radical (unpaired) electrons. The number of aromatic nitrogens is 2. The minimum absolute atomic E-state index is 0.0579. The molecule has 84 valence electrons. The van der Waals surface area contributed by atoms with E-state index in [1.807, 2.05) is 11.8 Å². The zero-order chi connectivity index (χ0) is 11.1. The highest BCUT2D eigenvalue weighted by atomic mass is 32.2. The standard InChI is InChI=1S/C10H17N3OS/c1-10(2,3)9-12-8(14-13-9)6-4-15-5-7(6)11/h6-7H,4-5,11H2,1-3H3. The largest absolute Gasteiger partial charge is 0.339 e. The lowest BCUT2D eigenvalue weighted by Gasteiger charge is -2.11. The van der Waals surface area contributed by atoms with Crippen LogP contribution in [0.2, 0.25) is 0 Å². The molecule has 1 aliphatic heterocycles.